The van der Waals surface area contributed by atoms with Crippen LogP contribution in [0.15, 0.2) is 48.2 Å². The lowest BCUT2D eigenvalue weighted by Gasteiger charge is -2.18. The van der Waals surface area contributed by atoms with Crippen molar-refractivity contribution in [2.45, 2.75) is 6.42 Å². The number of benzene rings is 1. The third-order valence-corrected chi connectivity index (χ3v) is 4.40. The van der Waals surface area contributed by atoms with Gasteiger partial charge in [-0.1, -0.05) is 36.4 Å². The van der Waals surface area contributed by atoms with E-state index in [9.17, 15) is 5.11 Å². The second kappa shape index (κ2) is 5.53. The van der Waals surface area contributed by atoms with E-state index in [-0.39, 0.29) is 11.6 Å². The number of imidazole rings is 1. The highest BCUT2D eigenvalue weighted by Crippen LogP contribution is 2.29. The molecule has 0 saturated carbocycles. The Morgan fingerprint density at radius 1 is 1.21 bits per heavy atom. The highest BCUT2D eigenvalue weighted by Gasteiger charge is 2.31. The average Bonchev–Trinajstić information content (AvgIpc) is 2.93. The summed E-state index contributed by atoms with van der Waals surface area (Å²) in [5.41, 5.74) is 1.39. The van der Waals surface area contributed by atoms with Crippen molar-refractivity contribution in [1.29, 1.82) is 5.41 Å². The van der Waals surface area contributed by atoms with E-state index in [2.05, 4.69) is 17.1 Å². The number of hydrogen-bond acceptors (Lipinski definition) is 3. The lowest BCUT2D eigenvalue weighted by molar-refractivity contribution is 0.411. The van der Waals surface area contributed by atoms with E-state index in [1.165, 1.54) is 0 Å². The first kappa shape index (κ1) is 14.5. The van der Waals surface area contributed by atoms with Gasteiger partial charge in [-0.3, -0.25) is 5.41 Å². The van der Waals surface area contributed by atoms with Crippen LogP contribution in [0.1, 0.15) is 12.2 Å². The maximum Gasteiger partial charge on any atom is 0.148 e. The van der Waals surface area contributed by atoms with Gasteiger partial charge in [0.05, 0.1) is 22.8 Å². The molecule has 0 radical (unpaired) electrons. The van der Waals surface area contributed by atoms with Gasteiger partial charge in [-0.25, -0.2) is 4.98 Å². The van der Waals surface area contributed by atoms with Crippen molar-refractivity contribution in [2.75, 3.05) is 11.4 Å². The zero-order chi connectivity index (χ0) is 16.7. The van der Waals surface area contributed by atoms with Crippen LogP contribution in [0.5, 0.6) is 0 Å². The van der Waals surface area contributed by atoms with E-state index in [4.69, 9.17) is 5.41 Å². The number of nitrogens with one attached hydrogen (secondary N) is 1. The molecule has 2 aromatic rings. The molecule has 0 spiro atoms. The second-order valence-electron chi connectivity index (χ2n) is 5.89. The number of rotatable bonds is 2. The molecular formula is C19H18N4O. The summed E-state index contributed by atoms with van der Waals surface area (Å²) in [6.07, 6.45) is 8.99. The summed E-state index contributed by atoms with van der Waals surface area (Å²) in [5, 5.41) is 20.9. The van der Waals surface area contributed by atoms with Crippen molar-refractivity contribution in [3.8, 4) is 0 Å². The Balaban J connectivity index is 1.81. The van der Waals surface area contributed by atoms with Crippen LogP contribution in [0.3, 0.4) is 0 Å². The Labute approximate surface area is 139 Å². The third-order valence-electron chi connectivity index (χ3n) is 4.40. The summed E-state index contributed by atoms with van der Waals surface area (Å²) < 4.78 is 1.94. The number of anilines is 1. The number of allylic oxidation sites excluding steroid dienone is 2. The SMILES string of the molecule is Cn1c(C2=C(O)CN(c3ccccc3)C2=N)nc2c1=CC=CCC=2. The number of hydrogen-bond donors (Lipinski definition) is 2. The van der Waals surface area contributed by atoms with Gasteiger partial charge in [0.15, 0.2) is 0 Å². The zero-order valence-electron chi connectivity index (χ0n) is 13.4. The van der Waals surface area contributed by atoms with Gasteiger partial charge in [0, 0.05) is 12.7 Å². The Hall–Kier alpha value is -3.08. The molecule has 2 heterocycles. The summed E-state index contributed by atoms with van der Waals surface area (Å²) in [6, 6.07) is 9.66. The van der Waals surface area contributed by atoms with Crippen molar-refractivity contribution in [3.05, 3.63) is 64.8 Å². The zero-order valence-corrected chi connectivity index (χ0v) is 13.4. The third kappa shape index (κ3) is 2.17. The van der Waals surface area contributed by atoms with E-state index in [0.717, 1.165) is 22.8 Å². The van der Waals surface area contributed by atoms with Crippen LogP contribution in [-0.4, -0.2) is 27.0 Å². The maximum absolute atomic E-state index is 10.5. The molecule has 0 fully saturated rings. The standard InChI is InChI=1S/C19H18N4O/c1-22-15-11-7-3-6-10-14(15)21-19(22)17-16(24)12-23(18(17)20)13-8-4-2-5-9-13/h2-5,7-11,20,24H,6,12H2,1H3. The lowest BCUT2D eigenvalue weighted by atomic mass is 10.2. The van der Waals surface area contributed by atoms with Crippen LogP contribution in [0.4, 0.5) is 5.69 Å². The number of aliphatic hydroxyl groups is 1. The Bertz CT molecular complexity index is 996. The first-order valence-corrected chi connectivity index (χ1v) is 7.90. The van der Waals surface area contributed by atoms with Gasteiger partial charge in [0.1, 0.15) is 17.4 Å². The number of amidine groups is 1. The number of nitrogens with zero attached hydrogens (tertiary/aromatic N) is 3. The van der Waals surface area contributed by atoms with Gasteiger partial charge < -0.3 is 14.6 Å². The maximum atomic E-state index is 10.5. The minimum absolute atomic E-state index is 0.183. The van der Waals surface area contributed by atoms with Crippen LogP contribution in [0.2, 0.25) is 0 Å². The molecule has 120 valence electrons. The van der Waals surface area contributed by atoms with Crippen molar-refractivity contribution < 1.29 is 5.11 Å². The Morgan fingerprint density at radius 3 is 2.79 bits per heavy atom. The largest absolute Gasteiger partial charge is 0.509 e. The lowest BCUT2D eigenvalue weighted by Crippen LogP contribution is -2.28. The highest BCUT2D eigenvalue weighted by molar-refractivity contribution is 6.30. The fraction of sp³-hybridized carbons (Fsp3) is 0.158. The quantitative estimate of drug-likeness (QED) is 0.886. The van der Waals surface area contributed by atoms with E-state index in [1.807, 2.05) is 54.1 Å². The molecule has 0 saturated heterocycles. The first-order chi connectivity index (χ1) is 11.7. The smallest absolute Gasteiger partial charge is 0.148 e. The average molecular weight is 318 g/mol. The van der Waals surface area contributed by atoms with Gasteiger partial charge in [-0.05, 0) is 24.6 Å². The molecular weight excluding hydrogens is 300 g/mol. The predicted molar refractivity (Wildman–Crippen MR) is 96.2 cm³/mol. The first-order valence-electron chi connectivity index (χ1n) is 7.90. The number of para-hydroxylation sites is 1. The van der Waals surface area contributed by atoms with Crippen LogP contribution in [-0.2, 0) is 7.05 Å². The molecule has 5 heteroatoms. The van der Waals surface area contributed by atoms with E-state index >= 15 is 0 Å². The fourth-order valence-electron chi connectivity index (χ4n) is 3.16. The van der Waals surface area contributed by atoms with E-state index in [1.54, 1.807) is 4.90 Å². The molecule has 0 bridgehead atoms. The Kier molecular flexibility index (Phi) is 3.34. The predicted octanol–water partition coefficient (Wildman–Crippen LogP) is 1.71. The molecule has 0 unspecified atom stereocenters. The summed E-state index contributed by atoms with van der Waals surface area (Å²) in [7, 11) is 1.92. The number of aliphatic hydroxyl groups excluding tert-OH is 1. The van der Waals surface area contributed by atoms with E-state index < -0.39 is 0 Å². The normalized spacial score (nSPS) is 16.7. The van der Waals surface area contributed by atoms with Crippen LogP contribution >= 0.6 is 0 Å². The molecule has 0 amide bonds. The highest BCUT2D eigenvalue weighted by atomic mass is 16.3. The molecule has 2 aliphatic rings. The van der Waals surface area contributed by atoms with Gasteiger partial charge in [0.25, 0.3) is 0 Å². The van der Waals surface area contributed by atoms with Crippen molar-refractivity contribution in [1.82, 2.24) is 9.55 Å². The topological polar surface area (TPSA) is 65.1 Å². The monoisotopic (exact) mass is 318 g/mol. The van der Waals surface area contributed by atoms with Gasteiger partial charge >= 0.3 is 0 Å². The minimum Gasteiger partial charge on any atom is -0.509 e. The van der Waals surface area contributed by atoms with Gasteiger partial charge in [0.2, 0.25) is 0 Å². The molecule has 1 aromatic carbocycles. The summed E-state index contributed by atoms with van der Waals surface area (Å²) >= 11 is 0. The van der Waals surface area contributed by atoms with Gasteiger partial charge in [-0.2, -0.15) is 0 Å². The molecule has 0 atom stereocenters. The van der Waals surface area contributed by atoms with Crippen LogP contribution < -0.4 is 15.6 Å². The fourth-order valence-corrected chi connectivity index (χ4v) is 3.16. The van der Waals surface area contributed by atoms with Crippen molar-refractivity contribution in [3.63, 3.8) is 0 Å². The van der Waals surface area contributed by atoms with E-state index in [0.29, 0.717) is 17.9 Å². The Morgan fingerprint density at radius 2 is 2.00 bits per heavy atom. The van der Waals surface area contributed by atoms with Crippen molar-refractivity contribution >= 4 is 29.2 Å². The van der Waals surface area contributed by atoms with Crippen LogP contribution in [0.25, 0.3) is 17.7 Å². The number of fused-ring (bicyclic) bond motifs is 1. The summed E-state index contributed by atoms with van der Waals surface area (Å²) in [4.78, 5) is 6.46. The molecule has 2 N–H and O–H groups in total. The van der Waals surface area contributed by atoms with Crippen LogP contribution in [0, 0.1) is 5.41 Å². The minimum atomic E-state index is 0.183. The molecule has 1 aliphatic heterocycles. The molecule has 4 rings (SSSR count). The number of aromatic nitrogens is 2. The van der Waals surface area contributed by atoms with Gasteiger partial charge in [-0.15, -0.1) is 0 Å². The molecule has 24 heavy (non-hydrogen) atoms. The molecule has 1 aliphatic carbocycles. The summed E-state index contributed by atoms with van der Waals surface area (Å²) in [6.45, 7) is 0.295. The van der Waals surface area contributed by atoms with Crippen molar-refractivity contribution in [2.24, 2.45) is 7.05 Å². The molecule has 1 aromatic heterocycles. The second-order valence-corrected chi connectivity index (χ2v) is 5.89. The molecule has 5 nitrogen and oxygen atoms in total. The summed E-state index contributed by atoms with van der Waals surface area (Å²) in [5.74, 6) is 1.09.